The number of esters is 1. The average molecular weight is 783 g/mol. The van der Waals surface area contributed by atoms with Crippen molar-refractivity contribution < 1.29 is 14.3 Å². The molecule has 2 aromatic carbocycles. The molecule has 4 heterocycles. The third-order valence-corrected chi connectivity index (χ3v) is 10.9. The number of hydrogen-bond donors (Lipinski definition) is 1. The molecule has 0 amide bonds. The zero-order valence-electron chi connectivity index (χ0n) is 34.2. The van der Waals surface area contributed by atoms with Crippen LogP contribution in [0.1, 0.15) is 83.0 Å². The van der Waals surface area contributed by atoms with E-state index in [-0.39, 0.29) is 17.9 Å². The van der Waals surface area contributed by atoms with E-state index in [0.29, 0.717) is 34.2 Å². The van der Waals surface area contributed by atoms with E-state index in [4.69, 9.17) is 26.1 Å². The number of hydrogen-bond acceptors (Lipinski definition) is 9. The lowest BCUT2D eigenvalue weighted by Crippen LogP contribution is -2.38. The lowest BCUT2D eigenvalue weighted by Gasteiger charge is -2.35. The molecule has 5 aromatic rings. The van der Waals surface area contributed by atoms with Crippen LogP contribution in [0.15, 0.2) is 64.3 Å². The van der Waals surface area contributed by atoms with Crippen molar-refractivity contribution in [2.45, 2.75) is 79.7 Å². The fourth-order valence-corrected chi connectivity index (χ4v) is 8.02. The Bertz CT molecular complexity index is 2310. The number of piperidine rings is 1. The van der Waals surface area contributed by atoms with Gasteiger partial charge in [-0.15, -0.1) is 0 Å². The number of rotatable bonds is 8. The molecule has 0 spiro atoms. The van der Waals surface area contributed by atoms with E-state index >= 15 is 0 Å². The van der Waals surface area contributed by atoms with Gasteiger partial charge in [0.05, 0.1) is 35.9 Å². The van der Waals surface area contributed by atoms with E-state index in [0.717, 1.165) is 82.5 Å². The quantitative estimate of drug-likeness (QED) is 0.154. The summed E-state index contributed by atoms with van der Waals surface area (Å²) in [6.07, 6.45) is 6.26. The Morgan fingerprint density at radius 1 is 0.946 bits per heavy atom. The third-order valence-electron chi connectivity index (χ3n) is 10.4. The van der Waals surface area contributed by atoms with Crippen LogP contribution in [0.3, 0.4) is 0 Å². The summed E-state index contributed by atoms with van der Waals surface area (Å²) < 4.78 is 13.7. The Hall–Kier alpha value is -5.00. The Labute approximate surface area is 334 Å². The number of aromatic nitrogens is 4. The zero-order valence-corrected chi connectivity index (χ0v) is 34.9. The van der Waals surface area contributed by atoms with Crippen molar-refractivity contribution in [1.82, 2.24) is 24.0 Å². The second kappa shape index (κ2) is 18.8. The minimum Gasteiger partial charge on any atom is -0.481 e. The maximum Gasteiger partial charge on any atom is 0.330 e. The number of nitrogens with zero attached hydrogens (tertiary/aromatic N) is 5. The topological polar surface area (TPSA) is 121 Å². The summed E-state index contributed by atoms with van der Waals surface area (Å²) in [6, 6.07) is 15.8. The van der Waals surface area contributed by atoms with Crippen molar-refractivity contribution in [1.29, 1.82) is 0 Å². The molecule has 1 unspecified atom stereocenters. The highest BCUT2D eigenvalue weighted by atomic mass is 35.5. The normalized spacial score (nSPS) is 15.3. The van der Waals surface area contributed by atoms with Crippen molar-refractivity contribution in [2.75, 3.05) is 32.1 Å². The van der Waals surface area contributed by atoms with Crippen LogP contribution in [-0.4, -0.2) is 56.8 Å². The van der Waals surface area contributed by atoms with Gasteiger partial charge in [0.1, 0.15) is 11.2 Å². The number of halogens is 1. The summed E-state index contributed by atoms with van der Waals surface area (Å²) in [5, 5.41) is 4.25. The Morgan fingerprint density at radius 3 is 2.29 bits per heavy atom. The fraction of sp³-hybridized carbons (Fsp3) is 0.432. The van der Waals surface area contributed by atoms with Gasteiger partial charge in [-0.2, -0.15) is 0 Å². The third kappa shape index (κ3) is 8.25. The molecule has 1 N–H and O–H groups in total. The highest BCUT2D eigenvalue weighted by Gasteiger charge is 2.36. The van der Waals surface area contributed by atoms with Crippen LogP contribution in [0.2, 0.25) is 5.02 Å². The van der Waals surface area contributed by atoms with Gasteiger partial charge in [-0.1, -0.05) is 76.0 Å². The molecule has 1 saturated heterocycles. The molecule has 1 aliphatic carbocycles. The first kappa shape index (κ1) is 42.1. The lowest BCUT2D eigenvalue weighted by molar-refractivity contribution is -0.149. The van der Waals surface area contributed by atoms with Gasteiger partial charge >= 0.3 is 11.7 Å². The summed E-state index contributed by atoms with van der Waals surface area (Å²) in [4.78, 5) is 50.0. The number of likely N-dealkylation sites (tertiary alicyclic amines) is 1. The first-order valence-corrected chi connectivity index (χ1v) is 20.1. The molecular formula is C44H55ClN6O5. The van der Waals surface area contributed by atoms with Gasteiger partial charge in [0.25, 0.3) is 5.56 Å². The highest BCUT2D eigenvalue weighted by molar-refractivity contribution is 6.36. The minimum atomic E-state index is -0.421. The first-order chi connectivity index (χ1) is 27.0. The number of pyridine rings is 2. The van der Waals surface area contributed by atoms with Gasteiger partial charge < -0.3 is 14.8 Å². The van der Waals surface area contributed by atoms with Crippen molar-refractivity contribution in [2.24, 2.45) is 20.0 Å². The van der Waals surface area contributed by atoms with Gasteiger partial charge in [-0.25, -0.2) is 14.8 Å². The van der Waals surface area contributed by atoms with E-state index in [9.17, 15) is 14.4 Å². The maximum atomic E-state index is 13.2. The van der Waals surface area contributed by atoms with Gasteiger partial charge in [-0.05, 0) is 87.5 Å². The fourth-order valence-electron chi connectivity index (χ4n) is 7.70. The van der Waals surface area contributed by atoms with Gasteiger partial charge in [0, 0.05) is 48.7 Å². The predicted molar refractivity (Wildman–Crippen MR) is 226 cm³/mol. The van der Waals surface area contributed by atoms with Crippen LogP contribution in [0.4, 0.5) is 11.5 Å². The number of carbonyl (C=O) groups is 1. The number of anilines is 2. The van der Waals surface area contributed by atoms with Crippen LogP contribution >= 0.6 is 11.6 Å². The monoisotopic (exact) mass is 782 g/mol. The molecular weight excluding hydrogens is 728 g/mol. The number of aryl methyl sites for hydroxylation is 2. The van der Waals surface area contributed by atoms with E-state index in [1.165, 1.54) is 23.6 Å². The van der Waals surface area contributed by atoms with Crippen molar-refractivity contribution in [3.8, 4) is 28.3 Å². The number of ether oxygens (including phenoxy) is 2. The molecule has 0 bridgehead atoms. The van der Waals surface area contributed by atoms with Gasteiger partial charge in [0.15, 0.2) is 0 Å². The van der Waals surface area contributed by atoms with E-state index in [1.807, 2.05) is 64.1 Å². The summed E-state index contributed by atoms with van der Waals surface area (Å²) in [7, 11) is 4.76. The van der Waals surface area contributed by atoms with E-state index in [2.05, 4.69) is 35.1 Å². The van der Waals surface area contributed by atoms with Crippen molar-refractivity contribution >= 4 is 40.0 Å². The predicted octanol–water partition coefficient (Wildman–Crippen LogP) is 8.78. The molecule has 298 valence electrons. The second-order valence-corrected chi connectivity index (χ2v) is 14.3. The van der Waals surface area contributed by atoms with Gasteiger partial charge in [0.2, 0.25) is 5.88 Å². The molecule has 12 heteroatoms. The SMILES string of the molecule is CC.CCC.CCOC(=O)C1CCN(C2CCc3cc(-c4cccc(-c5cccc(Nc6nccc7c6c(=O)n(C)c(=O)n7C)c5C)c4Cl)nc(OC)c32)CC1. The summed E-state index contributed by atoms with van der Waals surface area (Å²) in [5.41, 5.74) is 6.93. The molecule has 56 heavy (non-hydrogen) atoms. The molecule has 0 radical (unpaired) electrons. The van der Waals surface area contributed by atoms with E-state index < -0.39 is 11.2 Å². The van der Waals surface area contributed by atoms with Crippen LogP contribution < -0.4 is 21.3 Å². The first-order valence-electron chi connectivity index (χ1n) is 19.7. The molecule has 2 aliphatic rings. The zero-order chi connectivity index (χ0) is 40.7. The number of benzene rings is 2. The minimum absolute atomic E-state index is 0.0421. The molecule has 7 rings (SSSR count). The van der Waals surface area contributed by atoms with Crippen molar-refractivity contribution in [3.05, 3.63) is 97.3 Å². The van der Waals surface area contributed by atoms with Gasteiger partial charge in [-0.3, -0.25) is 23.6 Å². The largest absolute Gasteiger partial charge is 0.481 e. The molecule has 1 atom stereocenters. The summed E-state index contributed by atoms with van der Waals surface area (Å²) in [5.74, 6) is 0.833. The van der Waals surface area contributed by atoms with Crippen molar-refractivity contribution in [3.63, 3.8) is 0 Å². The van der Waals surface area contributed by atoms with Crippen LogP contribution in [0, 0.1) is 12.8 Å². The molecule has 0 saturated carbocycles. The van der Waals surface area contributed by atoms with E-state index in [1.54, 1.807) is 26.4 Å². The number of nitrogens with one attached hydrogen (secondary N) is 1. The van der Waals surface area contributed by atoms with Crippen LogP contribution in [-0.2, 0) is 30.0 Å². The number of carbonyl (C=O) groups excluding carboxylic acids is 1. The number of methoxy groups -OCH3 is 1. The maximum absolute atomic E-state index is 13.2. The second-order valence-electron chi connectivity index (χ2n) is 13.9. The molecule has 1 fully saturated rings. The standard InChI is InChI=1S/C39H41ClN6O5.C3H8.C2H6/c1-6-51-38(48)23-16-19-46(20-17-23)31-14-13-24-21-29(43-36(50-5)32(24)31)27-11-7-10-26(34(27)40)25-9-8-12-28(22(25)2)42-35-33-30(15-18-41-35)44(3)39(49)45(4)37(33)47;1-3-2;1-2/h7-12,15,18,21,23,31H,6,13-14,16-17,19-20H2,1-5H3,(H,41,42);3H2,1-2H3;1-2H3. The average Bonchev–Trinajstić information content (AvgIpc) is 3.65. The molecule has 11 nitrogen and oxygen atoms in total. The summed E-state index contributed by atoms with van der Waals surface area (Å²) in [6.45, 7) is 14.2. The molecule has 1 aliphatic heterocycles. The lowest BCUT2D eigenvalue weighted by atomic mass is 9.94. The van der Waals surface area contributed by atoms with Crippen LogP contribution in [0.25, 0.3) is 33.3 Å². The Morgan fingerprint density at radius 2 is 1.61 bits per heavy atom. The summed E-state index contributed by atoms with van der Waals surface area (Å²) >= 11 is 7.23. The Balaban J connectivity index is 0.00000115. The highest BCUT2D eigenvalue weighted by Crippen LogP contribution is 2.45. The Kier molecular flexibility index (Phi) is 14.1. The smallest absolute Gasteiger partial charge is 0.330 e. The van der Waals surface area contributed by atoms with Crippen LogP contribution in [0.5, 0.6) is 5.88 Å². The molecule has 3 aromatic heterocycles. The number of fused-ring (bicyclic) bond motifs is 2.